The Bertz CT molecular complexity index is 2670. The van der Waals surface area contributed by atoms with E-state index in [2.05, 4.69) is 96.9 Å². The van der Waals surface area contributed by atoms with Gasteiger partial charge >= 0.3 is 24.3 Å². The lowest BCUT2D eigenvalue weighted by atomic mass is 9.80. The van der Waals surface area contributed by atoms with Crippen LogP contribution in [-0.2, 0) is 34.8 Å². The van der Waals surface area contributed by atoms with Gasteiger partial charge in [-0.05, 0) is 175 Å². The lowest BCUT2D eigenvalue weighted by Gasteiger charge is -2.35. The number of hydrogen-bond donors (Lipinski definition) is 2. The normalized spacial score (nSPS) is 23.9. The van der Waals surface area contributed by atoms with Gasteiger partial charge in [0.15, 0.2) is 0 Å². The van der Waals surface area contributed by atoms with Crippen LogP contribution in [0.2, 0.25) is 0 Å². The standard InChI is InChI=1S/C33H44F3N3O2.C32H43F3N4O2/c1-23-5-2-9-26(17-23)30-22-39(31(32(40)41)18-25-7-3-8-25)21-27(30)20-38-15-13-24(14-16-38)6-4-10-29-12-11-28(19-37-29)33(34,35)36;1-22-5-2-9-25(17-22)27-21-39(28(31(40)41)18-24-7-3-8-24)20-26(27)19-38-15-12-23(13-16-38)6-4-10-30-36-14-11-29(37-30)32(33,34)35/h2,5,9,11-12,17,19,24-25,27,30-31H,3-4,6-8,10,13-16,18,20-22H2,1H3,(H,40,41);2,5,9,11,14,17,23-24,26-28H,3-4,6-8,10,12-13,15-16,18-21H2,1H3,(H,40,41)/t27-,30+,31+;26-,27+,28+/m00/s1. The number of likely N-dealkylation sites (tertiary alicyclic amines) is 4. The van der Waals surface area contributed by atoms with Crippen molar-refractivity contribution in [1.82, 2.24) is 34.6 Å². The highest BCUT2D eigenvalue weighted by Crippen LogP contribution is 2.41. The van der Waals surface area contributed by atoms with Crippen LogP contribution in [0.3, 0.4) is 0 Å². The van der Waals surface area contributed by atoms with Gasteiger partial charge in [0.2, 0.25) is 0 Å². The monoisotopic (exact) mass is 1140 g/mol. The predicted molar refractivity (Wildman–Crippen MR) is 305 cm³/mol. The average Bonchev–Trinajstić information content (AvgIpc) is 4.28. The fourth-order valence-corrected chi connectivity index (χ4v) is 14.3. The first-order chi connectivity index (χ1) is 39.3. The summed E-state index contributed by atoms with van der Waals surface area (Å²) >= 11 is 0. The highest BCUT2D eigenvalue weighted by atomic mass is 19.4. The number of pyridine rings is 1. The van der Waals surface area contributed by atoms with E-state index in [4.69, 9.17) is 0 Å². The van der Waals surface area contributed by atoms with Crippen LogP contribution in [0, 0.1) is 49.4 Å². The summed E-state index contributed by atoms with van der Waals surface area (Å²) in [6.07, 6.45) is 11.3. The summed E-state index contributed by atoms with van der Waals surface area (Å²) in [7, 11) is 0. The van der Waals surface area contributed by atoms with Crippen molar-refractivity contribution in [3.63, 3.8) is 0 Å². The summed E-state index contributed by atoms with van der Waals surface area (Å²) in [5, 5.41) is 20.2. The van der Waals surface area contributed by atoms with Crippen molar-refractivity contribution < 1.29 is 46.1 Å². The van der Waals surface area contributed by atoms with E-state index >= 15 is 0 Å². The van der Waals surface area contributed by atoms with Gasteiger partial charge in [-0.15, -0.1) is 0 Å². The number of carboxylic acid groups (broad SMARTS) is 2. The second-order valence-electron chi connectivity index (χ2n) is 25.4. The first-order valence-corrected chi connectivity index (χ1v) is 30.7. The Morgan fingerprint density at radius 1 is 0.585 bits per heavy atom. The number of hydrogen-bond acceptors (Lipinski definition) is 9. The second kappa shape index (κ2) is 28.3. The fraction of sp³-hybridized carbons (Fsp3) is 0.646. The zero-order chi connectivity index (χ0) is 58.0. The van der Waals surface area contributed by atoms with E-state index in [0.29, 0.717) is 60.2 Å². The van der Waals surface area contributed by atoms with Crippen LogP contribution >= 0.6 is 0 Å². The Balaban J connectivity index is 0.000000198. The van der Waals surface area contributed by atoms with E-state index in [1.165, 1.54) is 47.4 Å². The first kappa shape index (κ1) is 61.6. The van der Waals surface area contributed by atoms with E-state index < -0.39 is 41.6 Å². The van der Waals surface area contributed by atoms with Crippen molar-refractivity contribution >= 4 is 11.9 Å². The third-order valence-corrected chi connectivity index (χ3v) is 19.5. The van der Waals surface area contributed by atoms with Gasteiger partial charge in [0.25, 0.3) is 0 Å². The summed E-state index contributed by atoms with van der Waals surface area (Å²) < 4.78 is 77.1. The number of aryl methyl sites for hydroxylation is 4. The molecule has 11 nitrogen and oxygen atoms in total. The SMILES string of the molecule is Cc1cccc([C@H]2CN([C@H](CC3CCC3)C(=O)O)C[C@@H]2CN2CCC(CCCc3ccc(C(F)(F)F)cn3)CC2)c1.Cc1cccc([C@H]2CN([C@H](CC3CCC3)C(=O)O)C[C@@H]2CN2CCC(CCCc3nccc(C(F)(F)F)n3)CC2)c1. The molecule has 2 aliphatic carbocycles. The number of rotatable bonds is 22. The highest BCUT2D eigenvalue weighted by molar-refractivity contribution is 5.74. The number of aromatic nitrogens is 3. The Morgan fingerprint density at radius 3 is 1.48 bits per heavy atom. The molecule has 448 valence electrons. The highest BCUT2D eigenvalue weighted by Gasteiger charge is 2.44. The summed E-state index contributed by atoms with van der Waals surface area (Å²) in [6.45, 7) is 13.6. The number of benzene rings is 2. The van der Waals surface area contributed by atoms with Crippen LogP contribution in [0.4, 0.5) is 26.3 Å². The van der Waals surface area contributed by atoms with E-state index in [1.54, 1.807) is 0 Å². The number of halogens is 6. The molecule has 0 radical (unpaired) electrons. The zero-order valence-corrected chi connectivity index (χ0v) is 48.2. The van der Waals surface area contributed by atoms with Gasteiger partial charge < -0.3 is 20.0 Å². The van der Waals surface area contributed by atoms with Crippen molar-refractivity contribution in [2.45, 2.75) is 166 Å². The minimum absolute atomic E-state index is 0.266. The molecule has 4 aromatic rings. The molecule has 2 aromatic heterocycles. The van der Waals surface area contributed by atoms with Crippen molar-refractivity contribution in [1.29, 1.82) is 0 Å². The minimum Gasteiger partial charge on any atom is -0.480 e. The van der Waals surface area contributed by atoms with E-state index in [9.17, 15) is 46.1 Å². The molecule has 6 atom stereocenters. The quantitative estimate of drug-likeness (QED) is 0.0731. The number of nitrogens with zero attached hydrogens (tertiary/aromatic N) is 7. The van der Waals surface area contributed by atoms with E-state index in [-0.39, 0.29) is 11.9 Å². The summed E-state index contributed by atoms with van der Waals surface area (Å²) in [5.74, 6) is 2.66. The minimum atomic E-state index is -4.44. The van der Waals surface area contributed by atoms with Crippen LogP contribution in [-0.4, -0.2) is 134 Å². The molecule has 0 spiro atoms. The molecular weight excluding hydrogens is 1060 g/mol. The van der Waals surface area contributed by atoms with Crippen LogP contribution in [0.1, 0.15) is 160 Å². The molecule has 6 heterocycles. The third kappa shape index (κ3) is 17.1. The average molecular weight is 1140 g/mol. The van der Waals surface area contributed by atoms with Gasteiger partial charge in [-0.3, -0.25) is 24.4 Å². The molecule has 0 amide bonds. The van der Waals surface area contributed by atoms with Crippen LogP contribution in [0.25, 0.3) is 0 Å². The van der Waals surface area contributed by atoms with E-state index in [0.717, 1.165) is 179 Å². The molecule has 2 saturated carbocycles. The first-order valence-electron chi connectivity index (χ1n) is 30.7. The number of piperidine rings is 2. The zero-order valence-electron chi connectivity index (χ0n) is 48.2. The van der Waals surface area contributed by atoms with Crippen LogP contribution in [0.5, 0.6) is 0 Å². The molecule has 4 saturated heterocycles. The van der Waals surface area contributed by atoms with Crippen molar-refractivity contribution in [2.24, 2.45) is 35.5 Å². The van der Waals surface area contributed by atoms with Gasteiger partial charge in [-0.1, -0.05) is 98.2 Å². The number of aliphatic carboxylic acids is 2. The largest absolute Gasteiger partial charge is 0.480 e. The summed E-state index contributed by atoms with van der Waals surface area (Å²) in [4.78, 5) is 46.0. The van der Waals surface area contributed by atoms with Crippen LogP contribution in [0.15, 0.2) is 79.1 Å². The molecule has 6 fully saturated rings. The van der Waals surface area contributed by atoms with Gasteiger partial charge in [0.1, 0.15) is 23.6 Å². The molecule has 10 rings (SSSR count). The molecular formula is C65H87F6N7O4. The summed E-state index contributed by atoms with van der Waals surface area (Å²) in [5.41, 5.74) is 4.29. The Morgan fingerprint density at radius 2 is 1.07 bits per heavy atom. The van der Waals surface area contributed by atoms with Crippen LogP contribution < -0.4 is 0 Å². The third-order valence-electron chi connectivity index (χ3n) is 19.5. The predicted octanol–water partition coefficient (Wildman–Crippen LogP) is 13.0. The maximum atomic E-state index is 12.9. The van der Waals surface area contributed by atoms with Gasteiger partial charge in [0, 0.05) is 75.6 Å². The molecule has 0 unspecified atom stereocenters. The van der Waals surface area contributed by atoms with Gasteiger partial charge in [-0.25, -0.2) is 9.97 Å². The molecule has 2 N–H and O–H groups in total. The Labute approximate surface area is 481 Å². The maximum absolute atomic E-state index is 12.9. The molecule has 6 aliphatic rings. The fourth-order valence-electron chi connectivity index (χ4n) is 14.3. The number of carbonyl (C=O) groups is 2. The Hall–Kier alpha value is -4.97. The molecule has 82 heavy (non-hydrogen) atoms. The van der Waals surface area contributed by atoms with Gasteiger partial charge in [-0.2, -0.15) is 26.3 Å². The lowest BCUT2D eigenvalue weighted by Crippen LogP contribution is -2.43. The van der Waals surface area contributed by atoms with Crippen molar-refractivity contribution in [2.75, 3.05) is 65.4 Å². The van der Waals surface area contributed by atoms with Crippen molar-refractivity contribution in [3.8, 4) is 0 Å². The number of carboxylic acids is 2. The number of alkyl halides is 6. The van der Waals surface area contributed by atoms with Crippen molar-refractivity contribution in [3.05, 3.63) is 124 Å². The molecule has 4 aliphatic heterocycles. The molecule has 2 aromatic carbocycles. The smallest absolute Gasteiger partial charge is 0.433 e. The van der Waals surface area contributed by atoms with E-state index in [1.807, 2.05) is 0 Å². The summed E-state index contributed by atoms with van der Waals surface area (Å²) in [6, 6.07) is 20.2. The topological polar surface area (TPSA) is 126 Å². The second-order valence-corrected chi connectivity index (χ2v) is 25.4. The van der Waals surface area contributed by atoms with Gasteiger partial charge in [0.05, 0.1) is 5.56 Å². The molecule has 0 bridgehead atoms. The lowest BCUT2D eigenvalue weighted by molar-refractivity contribution is -0.145. The maximum Gasteiger partial charge on any atom is 0.433 e. The Kier molecular flexibility index (Phi) is 21.2. The molecule has 17 heteroatoms.